The second-order valence-corrected chi connectivity index (χ2v) is 8.67. The number of hydrogen-bond donors (Lipinski definition) is 0. The van der Waals surface area contributed by atoms with Gasteiger partial charge < -0.3 is 14.2 Å². The number of hydrogen-bond acceptors (Lipinski definition) is 5. The van der Waals surface area contributed by atoms with E-state index in [1.807, 2.05) is 23.1 Å². The Hall–Kier alpha value is -2.83. The third kappa shape index (κ3) is 3.80. The number of nitrogens with zero attached hydrogens (tertiary/aromatic N) is 4. The summed E-state index contributed by atoms with van der Waals surface area (Å²) in [6.45, 7) is 6.53. The second kappa shape index (κ2) is 8.50. The SMILES string of the molecule is CC(C)CN1C(=O)N(CCCc2ccccc2)C(=O)C12CCN(c1ncco1)CC2. The average Bonchev–Trinajstić information content (AvgIpc) is 3.34. The molecule has 2 fully saturated rings. The average molecular weight is 411 g/mol. The van der Waals surface area contributed by atoms with Crippen LogP contribution in [0.25, 0.3) is 0 Å². The van der Waals surface area contributed by atoms with Crippen LogP contribution in [0.5, 0.6) is 0 Å². The normalized spacial score (nSPS) is 18.8. The summed E-state index contributed by atoms with van der Waals surface area (Å²) in [5.41, 5.74) is 0.488. The third-order valence-electron chi connectivity index (χ3n) is 6.14. The molecule has 7 heteroatoms. The number of imide groups is 1. The first-order chi connectivity index (χ1) is 14.5. The molecular formula is C23H30N4O3. The van der Waals surface area contributed by atoms with Crippen LogP contribution in [0.2, 0.25) is 0 Å². The highest BCUT2D eigenvalue weighted by Gasteiger charge is 2.57. The minimum atomic E-state index is -0.739. The number of oxazole rings is 1. The zero-order valence-corrected chi connectivity index (χ0v) is 17.8. The predicted molar refractivity (Wildman–Crippen MR) is 114 cm³/mol. The molecule has 2 aliphatic heterocycles. The lowest BCUT2D eigenvalue weighted by atomic mass is 9.85. The van der Waals surface area contributed by atoms with Crippen LogP contribution in [0.1, 0.15) is 38.7 Å². The molecule has 0 saturated carbocycles. The molecule has 0 bridgehead atoms. The Bertz CT molecular complexity index is 858. The largest absolute Gasteiger partial charge is 0.432 e. The number of piperidine rings is 1. The first-order valence-electron chi connectivity index (χ1n) is 10.8. The Kier molecular flexibility index (Phi) is 5.79. The maximum atomic E-state index is 13.5. The fraction of sp³-hybridized carbons (Fsp3) is 0.522. The number of carbonyl (C=O) groups excluding carboxylic acids is 2. The quantitative estimate of drug-likeness (QED) is 0.653. The molecule has 3 amide bonds. The van der Waals surface area contributed by atoms with Crippen molar-refractivity contribution in [3.05, 3.63) is 48.4 Å². The number of rotatable bonds is 7. The molecule has 1 spiro atoms. The third-order valence-corrected chi connectivity index (χ3v) is 6.14. The molecule has 2 aromatic rings. The van der Waals surface area contributed by atoms with Crippen LogP contribution in [0, 0.1) is 5.92 Å². The fourth-order valence-corrected chi connectivity index (χ4v) is 4.61. The van der Waals surface area contributed by atoms with Crippen LogP contribution >= 0.6 is 0 Å². The molecule has 0 atom stereocenters. The van der Waals surface area contributed by atoms with Crippen molar-refractivity contribution < 1.29 is 14.0 Å². The molecule has 1 aromatic carbocycles. The Morgan fingerprint density at radius 1 is 1.13 bits per heavy atom. The van der Waals surface area contributed by atoms with Gasteiger partial charge in [0.25, 0.3) is 11.9 Å². The molecule has 4 rings (SSSR count). The van der Waals surface area contributed by atoms with Crippen molar-refractivity contribution in [2.45, 2.75) is 45.1 Å². The number of aromatic nitrogens is 1. The van der Waals surface area contributed by atoms with Crippen LogP contribution in [0.15, 0.2) is 47.2 Å². The molecule has 3 heterocycles. The van der Waals surface area contributed by atoms with Crippen molar-refractivity contribution in [1.82, 2.24) is 14.8 Å². The van der Waals surface area contributed by atoms with Crippen LogP contribution in [-0.4, -0.2) is 58.4 Å². The summed E-state index contributed by atoms with van der Waals surface area (Å²) in [6.07, 6.45) is 6.01. The van der Waals surface area contributed by atoms with E-state index in [1.54, 1.807) is 12.5 Å². The van der Waals surface area contributed by atoms with Gasteiger partial charge in [0.2, 0.25) is 0 Å². The summed E-state index contributed by atoms with van der Waals surface area (Å²) in [7, 11) is 0. The monoisotopic (exact) mass is 410 g/mol. The van der Waals surface area contributed by atoms with E-state index in [0.29, 0.717) is 51.0 Å². The van der Waals surface area contributed by atoms with E-state index in [4.69, 9.17) is 4.42 Å². The van der Waals surface area contributed by atoms with Gasteiger partial charge in [-0.05, 0) is 37.2 Å². The molecule has 0 aliphatic carbocycles. The number of carbonyl (C=O) groups is 2. The topological polar surface area (TPSA) is 69.9 Å². The smallest absolute Gasteiger partial charge is 0.327 e. The molecule has 0 unspecified atom stereocenters. The van der Waals surface area contributed by atoms with Crippen molar-refractivity contribution in [3.8, 4) is 0 Å². The standard InChI is InChI=1S/C23H30N4O3/c1-18(2)17-27-22(29)26(13-6-9-19-7-4-3-5-8-19)20(28)23(27)10-14-25(15-11-23)21-24-12-16-30-21/h3-5,7-8,12,16,18H,6,9-11,13-15,17H2,1-2H3. The number of amides is 3. The van der Waals surface area contributed by atoms with E-state index < -0.39 is 5.54 Å². The first-order valence-corrected chi connectivity index (χ1v) is 10.8. The van der Waals surface area contributed by atoms with Gasteiger partial charge >= 0.3 is 6.03 Å². The highest BCUT2D eigenvalue weighted by molar-refractivity contribution is 6.07. The molecule has 0 N–H and O–H groups in total. The fourth-order valence-electron chi connectivity index (χ4n) is 4.61. The zero-order valence-electron chi connectivity index (χ0n) is 17.8. The maximum absolute atomic E-state index is 13.5. The lowest BCUT2D eigenvalue weighted by Crippen LogP contribution is -2.57. The van der Waals surface area contributed by atoms with Gasteiger partial charge in [-0.25, -0.2) is 9.78 Å². The van der Waals surface area contributed by atoms with Crippen molar-refractivity contribution in [2.24, 2.45) is 5.92 Å². The predicted octanol–water partition coefficient (Wildman–Crippen LogP) is 3.57. The van der Waals surface area contributed by atoms with Crippen LogP contribution < -0.4 is 4.90 Å². The first kappa shape index (κ1) is 20.4. The summed E-state index contributed by atoms with van der Waals surface area (Å²) in [4.78, 5) is 36.4. The Balaban J connectivity index is 1.47. The van der Waals surface area contributed by atoms with E-state index in [2.05, 4.69) is 35.9 Å². The van der Waals surface area contributed by atoms with Crippen molar-refractivity contribution in [2.75, 3.05) is 31.1 Å². The number of urea groups is 1. The van der Waals surface area contributed by atoms with E-state index in [1.165, 1.54) is 10.5 Å². The Morgan fingerprint density at radius 2 is 1.87 bits per heavy atom. The number of aryl methyl sites for hydroxylation is 1. The summed E-state index contributed by atoms with van der Waals surface area (Å²) < 4.78 is 5.42. The van der Waals surface area contributed by atoms with Crippen molar-refractivity contribution in [1.29, 1.82) is 0 Å². The molecule has 2 saturated heterocycles. The summed E-state index contributed by atoms with van der Waals surface area (Å²) in [5, 5.41) is 0. The van der Waals surface area contributed by atoms with Crippen LogP contribution in [0.3, 0.4) is 0 Å². The van der Waals surface area contributed by atoms with Gasteiger partial charge in [0.1, 0.15) is 11.8 Å². The number of benzene rings is 1. The van der Waals surface area contributed by atoms with E-state index >= 15 is 0 Å². The van der Waals surface area contributed by atoms with E-state index in [9.17, 15) is 9.59 Å². The van der Waals surface area contributed by atoms with Crippen LogP contribution in [0.4, 0.5) is 10.8 Å². The van der Waals surface area contributed by atoms with Gasteiger partial charge in [-0.15, -0.1) is 0 Å². The number of anilines is 1. The zero-order chi connectivity index (χ0) is 21.1. The minimum Gasteiger partial charge on any atom is -0.432 e. The van der Waals surface area contributed by atoms with Crippen LogP contribution in [-0.2, 0) is 11.2 Å². The highest BCUT2D eigenvalue weighted by atomic mass is 16.4. The summed E-state index contributed by atoms with van der Waals surface area (Å²) in [6, 6.07) is 10.6. The molecule has 160 valence electrons. The van der Waals surface area contributed by atoms with Gasteiger partial charge in [0.05, 0.1) is 6.20 Å². The molecule has 1 aromatic heterocycles. The van der Waals surface area contributed by atoms with Gasteiger partial charge in [-0.1, -0.05) is 44.2 Å². The molecule has 0 radical (unpaired) electrons. The molecule has 30 heavy (non-hydrogen) atoms. The maximum Gasteiger partial charge on any atom is 0.327 e. The van der Waals surface area contributed by atoms with E-state index in [-0.39, 0.29) is 11.9 Å². The van der Waals surface area contributed by atoms with Gasteiger partial charge in [0.15, 0.2) is 0 Å². The van der Waals surface area contributed by atoms with Gasteiger partial charge in [-0.3, -0.25) is 9.69 Å². The van der Waals surface area contributed by atoms with Crippen molar-refractivity contribution in [3.63, 3.8) is 0 Å². The lowest BCUT2D eigenvalue weighted by molar-refractivity contribution is -0.134. The lowest BCUT2D eigenvalue weighted by Gasteiger charge is -2.42. The summed E-state index contributed by atoms with van der Waals surface area (Å²) >= 11 is 0. The van der Waals surface area contributed by atoms with Crippen molar-refractivity contribution >= 4 is 18.0 Å². The second-order valence-electron chi connectivity index (χ2n) is 8.67. The Morgan fingerprint density at radius 3 is 2.50 bits per heavy atom. The van der Waals surface area contributed by atoms with E-state index in [0.717, 1.165) is 12.8 Å². The molecular weight excluding hydrogens is 380 g/mol. The minimum absolute atomic E-state index is 0.0340. The molecule has 7 nitrogen and oxygen atoms in total. The molecule has 2 aliphatic rings. The van der Waals surface area contributed by atoms with Gasteiger partial charge in [0, 0.05) is 26.2 Å². The van der Waals surface area contributed by atoms with Gasteiger partial charge in [-0.2, -0.15) is 0 Å². The highest BCUT2D eigenvalue weighted by Crippen LogP contribution is 2.38. The Labute approximate surface area is 177 Å². The summed E-state index contributed by atoms with van der Waals surface area (Å²) in [5.74, 6) is 0.265.